The molecule has 0 spiro atoms. The molecule has 3 unspecified atom stereocenters. The number of methoxy groups -OCH3 is 2. The maximum atomic E-state index is 14.4. The number of benzene rings is 4. The summed E-state index contributed by atoms with van der Waals surface area (Å²) in [6.45, 7) is 0.980. The lowest BCUT2D eigenvalue weighted by molar-refractivity contribution is -0.139. The van der Waals surface area contributed by atoms with Crippen molar-refractivity contribution < 1.29 is 46.9 Å². The van der Waals surface area contributed by atoms with Gasteiger partial charge >= 0.3 is 18.8 Å². The molecule has 2 aromatic heterocycles. The van der Waals surface area contributed by atoms with Gasteiger partial charge in [-0.1, -0.05) is 62.4 Å². The Morgan fingerprint density at radius 2 is 1.66 bits per heavy atom. The maximum absolute atomic E-state index is 14.4. The third-order valence-electron chi connectivity index (χ3n) is 13.6. The molecule has 2 saturated heterocycles. The van der Waals surface area contributed by atoms with E-state index in [4.69, 9.17) is 28.9 Å². The van der Waals surface area contributed by atoms with Crippen LogP contribution < -0.4 is 15.4 Å². The van der Waals surface area contributed by atoms with Crippen molar-refractivity contribution in [3.63, 3.8) is 0 Å². The summed E-state index contributed by atoms with van der Waals surface area (Å²) < 4.78 is 47.2. The highest BCUT2D eigenvalue weighted by Gasteiger charge is 2.56. The topological polar surface area (TPSA) is 193 Å². The Morgan fingerprint density at radius 3 is 2.42 bits per heavy atom. The van der Waals surface area contributed by atoms with Crippen LogP contribution in [0.1, 0.15) is 74.0 Å². The van der Waals surface area contributed by atoms with Crippen molar-refractivity contribution in [3.05, 3.63) is 102 Å². The Hall–Kier alpha value is -7.08. The quantitative estimate of drug-likeness (QED) is 0.0937. The number of halogens is 2. The fourth-order valence-corrected chi connectivity index (χ4v) is 10.2. The zero-order valence-corrected chi connectivity index (χ0v) is 37.3. The Kier molecular flexibility index (Phi) is 11.5. The van der Waals surface area contributed by atoms with Gasteiger partial charge in [-0.2, -0.15) is 8.78 Å². The highest BCUT2D eigenvalue weighted by Crippen LogP contribution is 2.53. The molecule has 4 amide bonds. The summed E-state index contributed by atoms with van der Waals surface area (Å²) in [6, 6.07) is 20.3. The van der Waals surface area contributed by atoms with Crippen LogP contribution in [0, 0.1) is 17.8 Å². The molecule has 3 fully saturated rings. The van der Waals surface area contributed by atoms with Crippen LogP contribution in [0.3, 0.4) is 0 Å². The first-order chi connectivity index (χ1) is 32.4. The largest absolute Gasteiger partial charge is 0.488 e. The Labute approximate surface area is 383 Å². The number of ether oxygens (including phenoxy) is 4. The third kappa shape index (κ3) is 8.27. The summed E-state index contributed by atoms with van der Waals surface area (Å²) in [5.74, 6) is 1.11. The molecule has 1 aliphatic carbocycles. The summed E-state index contributed by atoms with van der Waals surface area (Å²) in [5, 5.41) is 7.11. The van der Waals surface area contributed by atoms with Crippen LogP contribution >= 0.6 is 0 Å². The fourth-order valence-electron chi connectivity index (χ4n) is 10.2. The van der Waals surface area contributed by atoms with Gasteiger partial charge in [-0.05, 0) is 83.0 Å². The summed E-state index contributed by atoms with van der Waals surface area (Å²) in [4.78, 5) is 73.1. The van der Waals surface area contributed by atoms with E-state index in [0.717, 1.165) is 51.6 Å². The molecule has 0 bridgehead atoms. The zero-order chi connectivity index (χ0) is 46.7. The van der Waals surface area contributed by atoms with E-state index in [1.54, 1.807) is 41.4 Å². The molecule has 4 N–H and O–H groups in total. The zero-order valence-electron chi connectivity index (χ0n) is 37.3. The second kappa shape index (κ2) is 17.6. The average molecular weight is 917 g/mol. The van der Waals surface area contributed by atoms with Gasteiger partial charge in [0.2, 0.25) is 5.91 Å². The lowest BCUT2D eigenvalue weighted by atomic mass is 9.92. The van der Waals surface area contributed by atoms with E-state index >= 15 is 0 Å². The number of aromatic nitrogens is 4. The van der Waals surface area contributed by atoms with Crippen LogP contribution in [0.4, 0.5) is 18.4 Å². The summed E-state index contributed by atoms with van der Waals surface area (Å²) in [5.41, 5.74) is 6.56. The molecule has 16 nitrogen and oxygen atoms in total. The predicted octanol–water partition coefficient (Wildman–Crippen LogP) is 7.93. The SMILES string of the molecule is COC(=O)N[C@H](C(=O)N1C(c2ncc(-c3ccc4c(c3)COc3cc5c(ccc6[nH]c([C@@H]7C[C@H](COC(F)F)CN7C(=O)[C@H](NC(=O)OC)c7ccccc7)nc65)cc3-4)[nH]2)CC2CC21)C(C)C. The van der Waals surface area contributed by atoms with Crippen LogP contribution in [0.2, 0.25) is 0 Å². The molecule has 5 heterocycles. The lowest BCUT2D eigenvalue weighted by Gasteiger charge is -2.31. The number of hydrogen-bond acceptors (Lipinski definition) is 10. The first-order valence-electron chi connectivity index (χ1n) is 22.4. The molecule has 7 atom stereocenters. The number of piperidine rings is 1. The lowest BCUT2D eigenvalue weighted by Crippen LogP contribution is -2.52. The molecule has 4 aliphatic rings. The number of fused-ring (bicyclic) bond motifs is 7. The van der Waals surface area contributed by atoms with Crippen LogP contribution in [0.15, 0.2) is 79.0 Å². The normalized spacial score (nSPS) is 21.4. The predicted molar refractivity (Wildman–Crippen MR) is 240 cm³/mol. The van der Waals surface area contributed by atoms with Gasteiger partial charge in [0.1, 0.15) is 36.1 Å². The van der Waals surface area contributed by atoms with E-state index in [9.17, 15) is 28.0 Å². The smallest absolute Gasteiger partial charge is 0.407 e. The molecular formula is C49H50F2N8O8. The number of aromatic amines is 2. The van der Waals surface area contributed by atoms with Crippen molar-refractivity contribution in [2.24, 2.45) is 17.8 Å². The molecule has 348 valence electrons. The number of hydrogen-bond donors (Lipinski definition) is 4. The highest BCUT2D eigenvalue weighted by atomic mass is 19.3. The number of alkyl halides is 2. The molecule has 6 aromatic rings. The molecular weight excluding hydrogens is 867 g/mol. The van der Waals surface area contributed by atoms with Crippen molar-refractivity contribution >= 4 is 45.8 Å². The highest BCUT2D eigenvalue weighted by molar-refractivity contribution is 6.07. The number of rotatable bonds is 12. The molecule has 18 heteroatoms. The van der Waals surface area contributed by atoms with Crippen LogP contribution in [-0.4, -0.2) is 99.8 Å². The number of amides is 4. The second-order valence-electron chi connectivity index (χ2n) is 18.1. The monoisotopic (exact) mass is 916 g/mol. The number of alkyl carbamates (subject to hydrolysis) is 2. The fraction of sp³-hybridized carbons (Fsp3) is 0.388. The molecule has 1 saturated carbocycles. The van der Waals surface area contributed by atoms with Gasteiger partial charge in [0.15, 0.2) is 0 Å². The van der Waals surface area contributed by atoms with Gasteiger partial charge in [0.25, 0.3) is 5.91 Å². The van der Waals surface area contributed by atoms with Crippen molar-refractivity contribution in [2.75, 3.05) is 27.4 Å². The van der Waals surface area contributed by atoms with E-state index in [2.05, 4.69) is 38.8 Å². The number of carbonyl (C=O) groups excluding carboxylic acids is 4. The van der Waals surface area contributed by atoms with Crippen LogP contribution in [0.25, 0.3) is 44.2 Å². The molecule has 3 aliphatic heterocycles. The van der Waals surface area contributed by atoms with Gasteiger partial charge in [-0.15, -0.1) is 0 Å². The summed E-state index contributed by atoms with van der Waals surface area (Å²) in [6.07, 6.45) is 2.39. The van der Waals surface area contributed by atoms with Crippen LogP contribution in [0.5, 0.6) is 5.75 Å². The second-order valence-corrected chi connectivity index (χ2v) is 18.1. The van der Waals surface area contributed by atoms with Gasteiger partial charge < -0.3 is 49.3 Å². The number of imidazole rings is 2. The van der Waals surface area contributed by atoms with Crippen molar-refractivity contribution in [3.8, 4) is 28.1 Å². The molecule has 0 radical (unpaired) electrons. The van der Waals surface area contributed by atoms with Crippen molar-refractivity contribution in [2.45, 2.75) is 76.5 Å². The van der Waals surface area contributed by atoms with E-state index in [-0.39, 0.29) is 37.1 Å². The van der Waals surface area contributed by atoms with Crippen LogP contribution in [-0.2, 0) is 30.4 Å². The van der Waals surface area contributed by atoms with Gasteiger partial charge in [-0.25, -0.2) is 19.6 Å². The molecule has 10 rings (SSSR count). The van der Waals surface area contributed by atoms with Gasteiger partial charge in [-0.3, -0.25) is 9.59 Å². The average Bonchev–Trinajstić information content (AvgIpc) is 3.81. The van der Waals surface area contributed by atoms with Crippen molar-refractivity contribution in [1.29, 1.82) is 0 Å². The first kappa shape index (κ1) is 43.8. The summed E-state index contributed by atoms with van der Waals surface area (Å²) in [7, 11) is 2.50. The Morgan fingerprint density at radius 1 is 0.866 bits per heavy atom. The van der Waals surface area contributed by atoms with Crippen molar-refractivity contribution in [1.82, 2.24) is 40.4 Å². The van der Waals surface area contributed by atoms with E-state index < -0.39 is 48.7 Å². The molecule has 67 heavy (non-hydrogen) atoms. The third-order valence-corrected chi connectivity index (χ3v) is 13.6. The molecule has 4 aromatic carbocycles. The maximum Gasteiger partial charge on any atom is 0.407 e. The number of H-pyrrole nitrogens is 2. The number of nitrogens with zero attached hydrogens (tertiary/aromatic N) is 4. The number of nitrogens with one attached hydrogen (secondary N) is 4. The minimum Gasteiger partial charge on any atom is -0.488 e. The van der Waals surface area contributed by atoms with Gasteiger partial charge in [0, 0.05) is 29.5 Å². The van der Waals surface area contributed by atoms with E-state index in [1.165, 1.54) is 14.2 Å². The minimum atomic E-state index is -2.97. The van der Waals surface area contributed by atoms with Gasteiger partial charge in [0.05, 0.1) is 55.8 Å². The van der Waals surface area contributed by atoms with E-state index in [0.29, 0.717) is 52.9 Å². The number of carbonyl (C=O) groups is 4. The standard InChI is InChI=1S/C49H50F2N8O8/c1-24(2)40(56-48(62)64-3)46(61)59-36-17-29(36)18-38(59)43-52-20-35(54-43)28-10-12-31-30(15-28)23-66-39-19-32-27(16-33(31)39)11-13-34-42(32)55-44(53-34)37-14-25(22-67-47(50)51)21-58(37)45(60)41(57-49(63)65-4)26-8-6-5-7-9-26/h5-13,15-16,19-20,24-25,29,36-38,40-41,47H,14,17-18,21-23H2,1-4H3,(H,52,54)(H,53,55)(H,56,62)(H,57,63)/t25-,29?,36?,37-,38?,40-,41+/m0/s1. The van der Waals surface area contributed by atoms with E-state index in [1.807, 2.05) is 43.0 Å². The number of likely N-dealkylation sites (tertiary alicyclic amines) is 2. The summed E-state index contributed by atoms with van der Waals surface area (Å²) >= 11 is 0. The minimum absolute atomic E-state index is 0.0989. The Bertz CT molecular complexity index is 2890. The first-order valence-corrected chi connectivity index (χ1v) is 22.4. The Balaban J connectivity index is 0.917.